The van der Waals surface area contributed by atoms with Gasteiger partial charge < -0.3 is 10.5 Å². The molecule has 0 amide bonds. The second-order valence-corrected chi connectivity index (χ2v) is 6.10. The Kier molecular flexibility index (Phi) is 4.48. The average molecular weight is 251 g/mol. The van der Waals surface area contributed by atoms with Gasteiger partial charge in [-0.2, -0.15) is 0 Å². The zero-order valence-corrected chi connectivity index (χ0v) is 11.4. The van der Waals surface area contributed by atoms with E-state index in [9.17, 15) is 0 Å². The molecule has 0 bridgehead atoms. The molecule has 1 heterocycles. The van der Waals surface area contributed by atoms with Crippen LogP contribution < -0.4 is 5.73 Å². The summed E-state index contributed by atoms with van der Waals surface area (Å²) in [6.07, 6.45) is 0.991. The van der Waals surface area contributed by atoms with Crippen LogP contribution >= 0.6 is 11.8 Å². The van der Waals surface area contributed by atoms with E-state index in [1.807, 2.05) is 11.8 Å². The van der Waals surface area contributed by atoms with E-state index >= 15 is 0 Å². The minimum Gasteiger partial charge on any atom is -0.380 e. The summed E-state index contributed by atoms with van der Waals surface area (Å²) in [5.74, 6) is 1.03. The first kappa shape index (κ1) is 12.9. The minimum atomic E-state index is 0.291. The molecular weight excluding hydrogens is 230 g/mol. The number of thioether (sulfide) groups is 1. The van der Waals surface area contributed by atoms with Crippen molar-refractivity contribution in [2.24, 2.45) is 5.73 Å². The lowest BCUT2D eigenvalue weighted by molar-refractivity contribution is 0.0916. The van der Waals surface area contributed by atoms with Gasteiger partial charge in [0, 0.05) is 23.7 Å². The van der Waals surface area contributed by atoms with Crippen LogP contribution in [0.5, 0.6) is 0 Å². The summed E-state index contributed by atoms with van der Waals surface area (Å²) in [5.41, 5.74) is 10.2. The Labute approximate surface area is 108 Å². The first-order chi connectivity index (χ1) is 8.15. The first-order valence-corrected chi connectivity index (χ1v) is 7.22. The molecule has 0 spiro atoms. The molecule has 1 aliphatic rings. The molecule has 1 aromatic rings. The molecule has 1 aromatic carbocycles. The zero-order valence-electron chi connectivity index (χ0n) is 10.6. The molecule has 2 N–H and O–H groups in total. The summed E-state index contributed by atoms with van der Waals surface area (Å²) in [4.78, 5) is 0. The Bertz CT molecular complexity index is 360. The number of hydrogen-bond donors (Lipinski definition) is 1. The van der Waals surface area contributed by atoms with Crippen molar-refractivity contribution in [2.45, 2.75) is 37.3 Å². The molecule has 3 heteroatoms. The van der Waals surface area contributed by atoms with Crippen LogP contribution in [0.1, 0.15) is 23.1 Å². The third kappa shape index (κ3) is 3.73. The van der Waals surface area contributed by atoms with Crippen molar-refractivity contribution in [2.75, 3.05) is 13.2 Å². The number of nitrogens with two attached hydrogens (primary N) is 1. The number of hydrogen-bond acceptors (Lipinski definition) is 3. The molecule has 2 rings (SSSR count). The van der Waals surface area contributed by atoms with Crippen LogP contribution in [0.2, 0.25) is 0 Å². The highest BCUT2D eigenvalue weighted by Gasteiger charge is 2.22. The van der Waals surface area contributed by atoms with Gasteiger partial charge in [-0.05, 0) is 25.8 Å². The molecule has 94 valence electrons. The fourth-order valence-corrected chi connectivity index (χ4v) is 3.40. The molecular formula is C14H21NOS. The molecule has 0 aliphatic carbocycles. The molecule has 1 fully saturated rings. The highest BCUT2D eigenvalue weighted by molar-refractivity contribution is 7.99. The second kappa shape index (κ2) is 5.89. The molecule has 1 saturated heterocycles. The summed E-state index contributed by atoms with van der Waals surface area (Å²) in [6.45, 7) is 5.92. The van der Waals surface area contributed by atoms with Gasteiger partial charge in [0.15, 0.2) is 0 Å². The molecule has 0 saturated carbocycles. The quantitative estimate of drug-likeness (QED) is 0.897. The first-order valence-electron chi connectivity index (χ1n) is 6.17. The number of rotatable bonds is 3. The number of ether oxygens (including phenoxy) is 1. The lowest BCUT2D eigenvalue weighted by Crippen LogP contribution is -2.40. The van der Waals surface area contributed by atoms with Crippen LogP contribution in [0.25, 0.3) is 0 Å². The third-order valence-corrected chi connectivity index (χ3v) is 4.51. The van der Waals surface area contributed by atoms with Gasteiger partial charge >= 0.3 is 0 Å². The summed E-state index contributed by atoms with van der Waals surface area (Å²) >= 11 is 1.93. The molecule has 2 atom stereocenters. The van der Waals surface area contributed by atoms with E-state index < -0.39 is 0 Å². The second-order valence-electron chi connectivity index (χ2n) is 4.87. The normalized spacial score (nSPS) is 24.9. The van der Waals surface area contributed by atoms with Gasteiger partial charge in [0.25, 0.3) is 0 Å². The predicted octanol–water partition coefficient (Wildman–Crippen LogP) is 2.65. The Morgan fingerprint density at radius 1 is 1.29 bits per heavy atom. The SMILES string of the molecule is Cc1cc(C)cc(CSC2COCCC2N)c1. The van der Waals surface area contributed by atoms with Crippen LogP contribution in [0, 0.1) is 13.8 Å². The van der Waals surface area contributed by atoms with Gasteiger partial charge in [-0.3, -0.25) is 0 Å². The van der Waals surface area contributed by atoms with Crippen molar-refractivity contribution in [3.8, 4) is 0 Å². The van der Waals surface area contributed by atoms with Crippen molar-refractivity contribution in [1.29, 1.82) is 0 Å². The third-order valence-electron chi connectivity index (χ3n) is 3.10. The summed E-state index contributed by atoms with van der Waals surface area (Å²) in [6, 6.07) is 7.02. The highest BCUT2D eigenvalue weighted by Crippen LogP contribution is 2.24. The average Bonchev–Trinajstić information content (AvgIpc) is 2.27. The molecule has 17 heavy (non-hydrogen) atoms. The van der Waals surface area contributed by atoms with Crippen LogP contribution in [-0.2, 0) is 10.5 Å². The topological polar surface area (TPSA) is 35.2 Å². The zero-order chi connectivity index (χ0) is 12.3. The van der Waals surface area contributed by atoms with E-state index in [0.29, 0.717) is 11.3 Å². The molecule has 2 unspecified atom stereocenters. The highest BCUT2D eigenvalue weighted by atomic mass is 32.2. The Morgan fingerprint density at radius 2 is 2.00 bits per heavy atom. The van der Waals surface area contributed by atoms with Gasteiger partial charge in [-0.25, -0.2) is 0 Å². The lowest BCUT2D eigenvalue weighted by Gasteiger charge is -2.28. The van der Waals surface area contributed by atoms with Crippen molar-refractivity contribution in [3.63, 3.8) is 0 Å². The Morgan fingerprint density at radius 3 is 2.65 bits per heavy atom. The lowest BCUT2D eigenvalue weighted by atomic mass is 10.1. The molecule has 0 aromatic heterocycles. The van der Waals surface area contributed by atoms with Gasteiger partial charge in [-0.1, -0.05) is 29.3 Å². The van der Waals surface area contributed by atoms with E-state index in [-0.39, 0.29) is 0 Å². The Hall–Kier alpha value is -0.510. The fraction of sp³-hybridized carbons (Fsp3) is 0.571. The largest absolute Gasteiger partial charge is 0.380 e. The fourth-order valence-electron chi connectivity index (χ4n) is 2.26. The number of aryl methyl sites for hydroxylation is 2. The Balaban J connectivity index is 1.92. The van der Waals surface area contributed by atoms with Crippen LogP contribution in [0.3, 0.4) is 0 Å². The van der Waals surface area contributed by atoms with Gasteiger partial charge in [0.1, 0.15) is 0 Å². The summed E-state index contributed by atoms with van der Waals surface area (Å²) in [7, 11) is 0. The maximum atomic E-state index is 6.10. The smallest absolute Gasteiger partial charge is 0.0600 e. The molecule has 0 radical (unpaired) electrons. The standard InChI is InChI=1S/C14H21NOS/c1-10-5-11(2)7-12(6-10)9-17-14-8-16-4-3-13(14)15/h5-7,13-14H,3-4,8-9,15H2,1-2H3. The summed E-state index contributed by atoms with van der Waals surface area (Å²) < 4.78 is 5.49. The van der Waals surface area contributed by atoms with Crippen molar-refractivity contribution in [1.82, 2.24) is 0 Å². The van der Waals surface area contributed by atoms with E-state index in [4.69, 9.17) is 10.5 Å². The van der Waals surface area contributed by atoms with E-state index in [0.717, 1.165) is 25.4 Å². The van der Waals surface area contributed by atoms with Crippen LogP contribution in [0.4, 0.5) is 0 Å². The van der Waals surface area contributed by atoms with Gasteiger partial charge in [-0.15, -0.1) is 11.8 Å². The maximum Gasteiger partial charge on any atom is 0.0600 e. The van der Waals surface area contributed by atoms with Crippen LogP contribution in [-0.4, -0.2) is 24.5 Å². The van der Waals surface area contributed by atoms with Crippen molar-refractivity contribution >= 4 is 11.8 Å². The van der Waals surface area contributed by atoms with Gasteiger partial charge in [0.2, 0.25) is 0 Å². The van der Waals surface area contributed by atoms with Crippen molar-refractivity contribution < 1.29 is 4.74 Å². The predicted molar refractivity (Wildman–Crippen MR) is 74.4 cm³/mol. The van der Waals surface area contributed by atoms with Crippen molar-refractivity contribution in [3.05, 3.63) is 34.9 Å². The number of benzene rings is 1. The molecule has 1 aliphatic heterocycles. The van der Waals surface area contributed by atoms with E-state index in [1.54, 1.807) is 0 Å². The van der Waals surface area contributed by atoms with E-state index in [2.05, 4.69) is 32.0 Å². The monoisotopic (exact) mass is 251 g/mol. The minimum absolute atomic E-state index is 0.291. The van der Waals surface area contributed by atoms with Crippen LogP contribution in [0.15, 0.2) is 18.2 Å². The molecule has 2 nitrogen and oxygen atoms in total. The maximum absolute atomic E-state index is 6.10. The van der Waals surface area contributed by atoms with Gasteiger partial charge in [0.05, 0.1) is 6.61 Å². The van der Waals surface area contributed by atoms with E-state index in [1.165, 1.54) is 16.7 Å². The summed E-state index contributed by atoms with van der Waals surface area (Å²) in [5, 5.41) is 0.449.